The van der Waals surface area contributed by atoms with E-state index in [1.807, 2.05) is 26.0 Å². The maximum absolute atomic E-state index is 12.7. The van der Waals surface area contributed by atoms with Crippen LogP contribution in [-0.2, 0) is 21.8 Å². The molecule has 0 fully saturated rings. The molecule has 0 bridgehead atoms. The molecule has 3 heteroatoms. The van der Waals surface area contributed by atoms with E-state index in [-0.39, 0.29) is 5.78 Å². The zero-order valence-electron chi connectivity index (χ0n) is 12.1. The van der Waals surface area contributed by atoms with E-state index in [1.54, 1.807) is 23.9 Å². The molecule has 1 aromatic carbocycles. The Morgan fingerprint density at radius 1 is 1.19 bits per heavy atom. The minimum atomic E-state index is 0.0151. The quantitative estimate of drug-likeness (QED) is 0.601. The first-order valence-corrected chi connectivity index (χ1v) is 8.07. The molecule has 1 aliphatic heterocycles. The van der Waals surface area contributed by atoms with Crippen LogP contribution >= 0.6 is 11.8 Å². The first-order chi connectivity index (χ1) is 10.0. The number of Topliss-reactive ketones (excluding diaryl/α,β-unsaturated/α-hetero) is 1. The molecule has 0 N–H and O–H groups in total. The molecular weight excluding hydrogens is 315 g/mol. The maximum atomic E-state index is 12.7. The van der Waals surface area contributed by atoms with Gasteiger partial charge in [-0.15, -0.1) is 0 Å². The predicted octanol–water partition coefficient (Wildman–Crippen LogP) is 4.39. The van der Waals surface area contributed by atoms with Crippen LogP contribution in [0.1, 0.15) is 19.4 Å². The van der Waals surface area contributed by atoms with Crippen molar-refractivity contribution in [2.24, 2.45) is 0 Å². The Hall–Kier alpha value is -1.35. The average molecular weight is 331 g/mol. The van der Waals surface area contributed by atoms with E-state index in [4.69, 9.17) is 0 Å². The van der Waals surface area contributed by atoms with Crippen molar-refractivity contribution in [1.29, 1.82) is 0 Å². The van der Waals surface area contributed by atoms with Crippen LogP contribution in [0.5, 0.6) is 0 Å². The molecule has 0 saturated carbocycles. The van der Waals surface area contributed by atoms with Crippen LogP contribution in [0.3, 0.4) is 0 Å². The van der Waals surface area contributed by atoms with Crippen molar-refractivity contribution >= 4 is 21.8 Å². The fraction of sp³-hybridized carbons (Fsp3) is 0.111. The molecule has 0 amide bonds. The molecule has 0 saturated heterocycles. The van der Waals surface area contributed by atoms with Crippen molar-refractivity contribution in [1.82, 2.24) is 0 Å². The third kappa shape index (κ3) is 2.98. The van der Waals surface area contributed by atoms with Crippen LogP contribution in [0, 0.1) is 0 Å². The van der Waals surface area contributed by atoms with E-state index in [9.17, 15) is 4.79 Å². The topological polar surface area (TPSA) is 17.1 Å². The van der Waals surface area contributed by atoms with E-state index in [1.165, 1.54) is 10.5 Å². The average Bonchev–Trinajstić information content (AvgIpc) is 2.84. The number of ketones is 1. The summed E-state index contributed by atoms with van der Waals surface area (Å²) in [5, 5.41) is 0. The van der Waals surface area contributed by atoms with Gasteiger partial charge in [0, 0.05) is 0 Å². The summed E-state index contributed by atoms with van der Waals surface area (Å²) >= 11 is 4.24. The summed E-state index contributed by atoms with van der Waals surface area (Å²) in [4.78, 5) is 14.9. The van der Waals surface area contributed by atoms with Gasteiger partial charge in [0.15, 0.2) is 0 Å². The number of fused-ring (bicyclic) bond motifs is 1. The van der Waals surface area contributed by atoms with Gasteiger partial charge in [0.25, 0.3) is 0 Å². The molecule has 0 aliphatic carbocycles. The summed E-state index contributed by atoms with van der Waals surface area (Å²) in [5.74, 6) is 0.0151. The van der Waals surface area contributed by atoms with Crippen LogP contribution in [0.15, 0.2) is 76.1 Å². The molecule has 0 radical (unpaired) electrons. The second-order valence-corrected chi connectivity index (χ2v) is 6.49. The third-order valence-corrected chi connectivity index (χ3v) is 5.69. The molecule has 1 aliphatic rings. The molecule has 0 spiro atoms. The fourth-order valence-corrected chi connectivity index (χ4v) is 4.13. The van der Waals surface area contributed by atoms with Crippen molar-refractivity contribution in [3.63, 3.8) is 0 Å². The number of allylic oxidation sites excluding steroid dienone is 6. The molecular formula is C18H16OSV. The van der Waals surface area contributed by atoms with Gasteiger partial charge in [0.05, 0.1) is 0 Å². The summed E-state index contributed by atoms with van der Waals surface area (Å²) in [5.41, 5.74) is 3.41. The van der Waals surface area contributed by atoms with Crippen LogP contribution in [0.2, 0.25) is 0 Å². The van der Waals surface area contributed by atoms with E-state index in [0.717, 1.165) is 20.3 Å². The predicted molar refractivity (Wildman–Crippen MR) is 87.2 cm³/mol. The molecule has 2 rings (SSSR count). The van der Waals surface area contributed by atoms with Gasteiger partial charge < -0.3 is 0 Å². The van der Waals surface area contributed by atoms with Crippen LogP contribution in [-0.4, -0.2) is 10.0 Å². The molecule has 1 heterocycles. The summed E-state index contributed by atoms with van der Waals surface area (Å²) in [7, 11) is 0. The number of thioether (sulfide) groups is 1. The molecule has 105 valence electrons. The van der Waals surface area contributed by atoms with E-state index >= 15 is 0 Å². The van der Waals surface area contributed by atoms with Crippen molar-refractivity contribution < 1.29 is 21.8 Å². The Bertz CT molecular complexity index is 722. The second kappa shape index (κ2) is 6.61. The first-order valence-electron chi connectivity index (χ1n) is 6.56. The SMILES string of the molecule is C=C/C(C)=C(\C=C)C(=O)/C(C)=C1\Sc2ccccc2[C]1=[V]. The minimum absolute atomic E-state index is 0.0151. The summed E-state index contributed by atoms with van der Waals surface area (Å²) in [6, 6.07) is 8.20. The standard InChI is InChI=1S/C18H16OS.V/c1-5-12(3)15(6-2)18(19)13(4)17-11-14-9-7-8-10-16(14)20-17;/h5-10H,1-2H2,3-4H3;/b15-12+,17-13-;. The van der Waals surface area contributed by atoms with E-state index in [0.29, 0.717) is 5.57 Å². The number of rotatable bonds is 4. The Kier molecular flexibility index (Phi) is 5.05. The molecule has 21 heavy (non-hydrogen) atoms. The van der Waals surface area contributed by atoms with Gasteiger partial charge in [0.2, 0.25) is 0 Å². The van der Waals surface area contributed by atoms with Crippen LogP contribution in [0.4, 0.5) is 0 Å². The normalized spacial score (nSPS) is 16.9. The van der Waals surface area contributed by atoms with Crippen molar-refractivity contribution in [2.75, 3.05) is 0 Å². The monoisotopic (exact) mass is 331 g/mol. The summed E-state index contributed by atoms with van der Waals surface area (Å²) in [6.45, 7) is 11.2. The van der Waals surface area contributed by atoms with Gasteiger partial charge in [-0.1, -0.05) is 0 Å². The molecule has 1 aromatic rings. The van der Waals surface area contributed by atoms with Crippen molar-refractivity contribution in [2.45, 2.75) is 18.7 Å². The van der Waals surface area contributed by atoms with Gasteiger partial charge >= 0.3 is 139 Å². The number of carbonyl (C=O) groups excluding carboxylic acids is 1. The number of benzene rings is 1. The van der Waals surface area contributed by atoms with Crippen LogP contribution in [0.25, 0.3) is 0 Å². The summed E-state index contributed by atoms with van der Waals surface area (Å²) < 4.78 is 1.11. The molecule has 0 unspecified atom stereocenters. The van der Waals surface area contributed by atoms with E-state index < -0.39 is 0 Å². The zero-order chi connectivity index (χ0) is 15.6. The molecule has 1 nitrogen and oxygen atoms in total. The Balaban J connectivity index is 2.48. The second-order valence-electron chi connectivity index (χ2n) is 4.74. The van der Waals surface area contributed by atoms with Crippen LogP contribution < -0.4 is 0 Å². The Morgan fingerprint density at radius 2 is 1.86 bits per heavy atom. The molecule has 0 atom stereocenters. The van der Waals surface area contributed by atoms with E-state index in [2.05, 4.69) is 42.3 Å². The van der Waals surface area contributed by atoms with Gasteiger partial charge in [-0.2, -0.15) is 0 Å². The number of carbonyl (C=O) groups is 1. The number of hydrogen-bond donors (Lipinski definition) is 0. The third-order valence-electron chi connectivity index (χ3n) is 3.43. The van der Waals surface area contributed by atoms with Crippen molar-refractivity contribution in [3.8, 4) is 0 Å². The Morgan fingerprint density at radius 3 is 2.43 bits per heavy atom. The summed E-state index contributed by atoms with van der Waals surface area (Å²) in [6.07, 6.45) is 3.30. The van der Waals surface area contributed by atoms with Gasteiger partial charge in [-0.05, 0) is 0 Å². The number of hydrogen-bond acceptors (Lipinski definition) is 2. The van der Waals surface area contributed by atoms with Gasteiger partial charge in [-0.3, -0.25) is 0 Å². The van der Waals surface area contributed by atoms with Gasteiger partial charge in [0.1, 0.15) is 0 Å². The fourth-order valence-electron chi connectivity index (χ4n) is 2.13. The zero-order valence-corrected chi connectivity index (χ0v) is 14.4. The van der Waals surface area contributed by atoms with Crippen molar-refractivity contribution in [3.05, 3.63) is 76.8 Å². The molecule has 0 aromatic heterocycles. The van der Waals surface area contributed by atoms with Gasteiger partial charge in [-0.25, -0.2) is 0 Å². The Labute approximate surface area is 139 Å². The first kappa shape index (κ1) is 16.0.